The maximum Gasteiger partial charge on any atom is 0.167 e. The Bertz CT molecular complexity index is 321. The number of rotatable bonds is 3. The van der Waals surface area contributed by atoms with E-state index in [9.17, 15) is 9.90 Å². The minimum atomic E-state index is -0.115. The molecule has 0 spiro atoms. The van der Waals surface area contributed by atoms with E-state index in [0.29, 0.717) is 5.56 Å². The molecule has 0 aliphatic heterocycles. The van der Waals surface area contributed by atoms with E-state index in [-0.39, 0.29) is 23.8 Å². The third kappa shape index (κ3) is 2.46. The third-order valence-electron chi connectivity index (χ3n) is 1.77. The quantitative estimate of drug-likeness (QED) is 0.599. The van der Waals surface area contributed by atoms with E-state index >= 15 is 0 Å². The van der Waals surface area contributed by atoms with Gasteiger partial charge in [0.2, 0.25) is 0 Å². The topological polar surface area (TPSA) is 37.3 Å². The molecule has 70 valence electrons. The minimum absolute atomic E-state index is 0.0284. The summed E-state index contributed by atoms with van der Waals surface area (Å²) in [5.41, 5.74) is 1.32. The van der Waals surface area contributed by atoms with Crippen LogP contribution in [0.2, 0.25) is 0 Å². The summed E-state index contributed by atoms with van der Waals surface area (Å²) in [4.78, 5) is 11.4. The molecule has 0 unspecified atom stereocenters. The summed E-state index contributed by atoms with van der Waals surface area (Å²) in [6, 6.07) is 4.95. The molecule has 0 saturated carbocycles. The molecule has 0 aliphatic rings. The van der Waals surface area contributed by atoms with Crippen molar-refractivity contribution in [2.45, 2.75) is 13.3 Å². The zero-order valence-corrected chi connectivity index (χ0v) is 8.14. The maximum atomic E-state index is 11.4. The molecule has 1 aromatic rings. The van der Waals surface area contributed by atoms with Crippen molar-refractivity contribution in [3.05, 3.63) is 29.3 Å². The highest BCUT2D eigenvalue weighted by Crippen LogP contribution is 2.19. The summed E-state index contributed by atoms with van der Waals surface area (Å²) in [5, 5.41) is 9.37. The van der Waals surface area contributed by atoms with E-state index in [1.165, 1.54) is 6.07 Å². The Labute approximate surface area is 82.2 Å². The third-order valence-corrected chi connectivity index (χ3v) is 1.96. The Morgan fingerprint density at radius 3 is 2.85 bits per heavy atom. The van der Waals surface area contributed by atoms with Crippen molar-refractivity contribution >= 4 is 17.4 Å². The fourth-order valence-corrected chi connectivity index (χ4v) is 1.27. The van der Waals surface area contributed by atoms with Gasteiger partial charge in [0.15, 0.2) is 5.78 Å². The molecular weight excluding hydrogens is 188 g/mol. The van der Waals surface area contributed by atoms with Crippen molar-refractivity contribution in [2.75, 3.05) is 5.88 Å². The molecule has 1 N–H and O–H groups in total. The number of carbonyl (C=O) groups is 1. The van der Waals surface area contributed by atoms with Gasteiger partial charge in [0, 0.05) is 12.3 Å². The number of carbonyl (C=O) groups excluding carboxylic acids is 1. The summed E-state index contributed by atoms with van der Waals surface area (Å²) in [5.74, 6) is 0.198. The molecule has 0 atom stereocenters. The highest BCUT2D eigenvalue weighted by atomic mass is 35.5. The summed E-state index contributed by atoms with van der Waals surface area (Å²) in [6.07, 6.45) is 0.262. The number of phenolic OH excluding ortho intramolecular Hbond substituents is 1. The van der Waals surface area contributed by atoms with Crippen LogP contribution >= 0.6 is 11.6 Å². The van der Waals surface area contributed by atoms with Gasteiger partial charge in [-0.3, -0.25) is 4.79 Å². The molecular formula is C10H11ClO2. The second-order valence-corrected chi connectivity index (χ2v) is 3.26. The van der Waals surface area contributed by atoms with Gasteiger partial charge in [-0.05, 0) is 19.1 Å². The lowest BCUT2D eigenvalue weighted by Gasteiger charge is -2.03. The second kappa shape index (κ2) is 4.28. The molecule has 0 aromatic heterocycles. The fourth-order valence-electron chi connectivity index (χ4n) is 1.09. The fraction of sp³-hybridized carbons (Fsp3) is 0.300. The molecule has 1 aromatic carbocycles. The highest BCUT2D eigenvalue weighted by Gasteiger charge is 2.09. The molecule has 1 rings (SSSR count). The van der Waals surface area contributed by atoms with Gasteiger partial charge in [-0.1, -0.05) is 11.6 Å². The molecule has 0 aliphatic carbocycles. The first-order valence-electron chi connectivity index (χ1n) is 4.04. The number of alkyl halides is 1. The van der Waals surface area contributed by atoms with Gasteiger partial charge in [-0.2, -0.15) is 0 Å². The van der Waals surface area contributed by atoms with Crippen molar-refractivity contribution in [3.8, 4) is 5.75 Å². The van der Waals surface area contributed by atoms with Crippen LogP contribution in [-0.2, 0) is 0 Å². The van der Waals surface area contributed by atoms with Crippen LogP contribution in [0.4, 0.5) is 0 Å². The van der Waals surface area contributed by atoms with Crippen LogP contribution in [0.25, 0.3) is 0 Å². The van der Waals surface area contributed by atoms with E-state index in [1.54, 1.807) is 12.1 Å². The number of benzene rings is 1. The van der Waals surface area contributed by atoms with Gasteiger partial charge in [0.25, 0.3) is 0 Å². The van der Waals surface area contributed by atoms with E-state index in [4.69, 9.17) is 11.6 Å². The maximum absolute atomic E-state index is 11.4. The Kier molecular flexibility index (Phi) is 3.32. The average molecular weight is 199 g/mol. The Balaban J connectivity index is 2.99. The molecule has 2 nitrogen and oxygen atoms in total. The van der Waals surface area contributed by atoms with E-state index in [0.717, 1.165) is 5.56 Å². The van der Waals surface area contributed by atoms with Gasteiger partial charge >= 0.3 is 0 Å². The lowest BCUT2D eigenvalue weighted by atomic mass is 10.1. The van der Waals surface area contributed by atoms with E-state index in [1.807, 2.05) is 6.92 Å². The number of Topliss-reactive ketones (excluding diaryl/α,β-unsaturated/α-hetero) is 1. The van der Waals surface area contributed by atoms with Gasteiger partial charge in [0.05, 0.1) is 5.56 Å². The lowest BCUT2D eigenvalue weighted by Crippen LogP contribution is -2.00. The summed E-state index contributed by atoms with van der Waals surface area (Å²) in [6.45, 7) is 1.87. The molecule has 13 heavy (non-hydrogen) atoms. The van der Waals surface area contributed by atoms with Crippen molar-refractivity contribution in [1.82, 2.24) is 0 Å². The number of phenols is 1. The first-order chi connectivity index (χ1) is 6.15. The van der Waals surface area contributed by atoms with Crippen LogP contribution in [0.15, 0.2) is 18.2 Å². The lowest BCUT2D eigenvalue weighted by molar-refractivity contribution is 0.0986. The van der Waals surface area contributed by atoms with Crippen molar-refractivity contribution in [2.24, 2.45) is 0 Å². The van der Waals surface area contributed by atoms with Crippen molar-refractivity contribution < 1.29 is 9.90 Å². The van der Waals surface area contributed by atoms with Crippen LogP contribution < -0.4 is 0 Å². The van der Waals surface area contributed by atoms with Crippen molar-refractivity contribution in [3.63, 3.8) is 0 Å². The number of aromatic hydroxyl groups is 1. The standard InChI is InChI=1S/C10H11ClO2/c1-7-2-3-9(12)8(6-7)10(13)4-5-11/h2-3,6,12H,4-5H2,1H3. The predicted molar refractivity (Wildman–Crippen MR) is 52.5 cm³/mol. The van der Waals surface area contributed by atoms with Crippen LogP contribution in [0, 0.1) is 6.92 Å². The van der Waals surface area contributed by atoms with Gasteiger partial charge in [-0.25, -0.2) is 0 Å². The molecule has 0 fully saturated rings. The summed E-state index contributed by atoms with van der Waals surface area (Å²) in [7, 11) is 0. The molecule has 0 heterocycles. The van der Waals surface area contributed by atoms with Crippen LogP contribution in [0.5, 0.6) is 5.75 Å². The van der Waals surface area contributed by atoms with Gasteiger partial charge < -0.3 is 5.11 Å². The first kappa shape index (κ1) is 10.1. The zero-order valence-electron chi connectivity index (χ0n) is 7.38. The first-order valence-corrected chi connectivity index (χ1v) is 4.57. The predicted octanol–water partition coefficient (Wildman–Crippen LogP) is 2.51. The van der Waals surface area contributed by atoms with Gasteiger partial charge in [-0.15, -0.1) is 11.6 Å². The Morgan fingerprint density at radius 1 is 1.54 bits per heavy atom. The van der Waals surface area contributed by atoms with E-state index in [2.05, 4.69) is 0 Å². The summed E-state index contributed by atoms with van der Waals surface area (Å²) >= 11 is 5.44. The number of halogens is 1. The second-order valence-electron chi connectivity index (χ2n) is 2.88. The number of hydrogen-bond donors (Lipinski definition) is 1. The average Bonchev–Trinajstić information content (AvgIpc) is 2.09. The molecule has 0 amide bonds. The molecule has 3 heteroatoms. The zero-order chi connectivity index (χ0) is 9.84. The van der Waals surface area contributed by atoms with E-state index < -0.39 is 0 Å². The molecule has 0 bridgehead atoms. The number of ketones is 1. The van der Waals surface area contributed by atoms with Crippen LogP contribution in [0.3, 0.4) is 0 Å². The molecule has 0 radical (unpaired) electrons. The summed E-state index contributed by atoms with van der Waals surface area (Å²) < 4.78 is 0. The van der Waals surface area contributed by atoms with Crippen LogP contribution in [0.1, 0.15) is 22.3 Å². The SMILES string of the molecule is Cc1ccc(O)c(C(=O)CCCl)c1. The number of hydrogen-bond acceptors (Lipinski definition) is 2. The smallest absolute Gasteiger partial charge is 0.167 e. The van der Waals surface area contributed by atoms with Crippen molar-refractivity contribution in [1.29, 1.82) is 0 Å². The largest absolute Gasteiger partial charge is 0.507 e. The minimum Gasteiger partial charge on any atom is -0.507 e. The Hall–Kier alpha value is -1.02. The highest BCUT2D eigenvalue weighted by molar-refractivity contribution is 6.19. The molecule has 0 saturated heterocycles. The monoisotopic (exact) mass is 198 g/mol. The number of aryl methyl sites for hydroxylation is 1. The Morgan fingerprint density at radius 2 is 2.23 bits per heavy atom. The normalized spacial score (nSPS) is 10.0. The van der Waals surface area contributed by atoms with Crippen LogP contribution in [-0.4, -0.2) is 16.8 Å². The van der Waals surface area contributed by atoms with Gasteiger partial charge in [0.1, 0.15) is 5.75 Å².